The molecule has 1 fully saturated rings. The summed E-state index contributed by atoms with van der Waals surface area (Å²) in [4.78, 5) is 0. The summed E-state index contributed by atoms with van der Waals surface area (Å²) < 4.78 is 11.6. The van der Waals surface area contributed by atoms with E-state index in [1.165, 1.54) is 12.0 Å². The predicted molar refractivity (Wildman–Crippen MR) is 66.4 cm³/mol. The van der Waals surface area contributed by atoms with Gasteiger partial charge in [-0.15, -0.1) is 0 Å². The van der Waals surface area contributed by atoms with Gasteiger partial charge in [0.05, 0.1) is 12.9 Å². The molecule has 1 aliphatic heterocycles. The Balaban J connectivity index is 2.06. The van der Waals surface area contributed by atoms with E-state index in [9.17, 15) is 0 Å². The molecule has 0 aromatic carbocycles. The van der Waals surface area contributed by atoms with Crippen LogP contribution in [0.4, 0.5) is 0 Å². The molecular formula is C11H14Br2O2. The summed E-state index contributed by atoms with van der Waals surface area (Å²) in [5, 5.41) is 0.989. The van der Waals surface area contributed by atoms with Crippen LogP contribution in [-0.2, 0) is 11.2 Å². The fraction of sp³-hybridized carbons (Fsp3) is 0.636. The van der Waals surface area contributed by atoms with E-state index in [1.807, 2.05) is 12.3 Å². The zero-order chi connectivity index (χ0) is 10.7. The molecule has 1 aromatic rings. The maximum atomic E-state index is 5.58. The molecule has 0 amide bonds. The van der Waals surface area contributed by atoms with Gasteiger partial charge in [0, 0.05) is 17.4 Å². The van der Waals surface area contributed by atoms with Gasteiger partial charge in [-0.2, -0.15) is 0 Å². The number of alkyl halides is 1. The number of hydrogen-bond donors (Lipinski definition) is 0. The largest absolute Gasteiger partial charge is 0.457 e. The van der Waals surface area contributed by atoms with Crippen molar-refractivity contribution in [2.24, 2.45) is 5.41 Å². The SMILES string of the molecule is BrCC1(Cc2coc(Br)c2)CCCOC1. The fourth-order valence-electron chi connectivity index (χ4n) is 2.07. The van der Waals surface area contributed by atoms with Crippen LogP contribution in [0.25, 0.3) is 0 Å². The summed E-state index contributed by atoms with van der Waals surface area (Å²) in [6.07, 6.45) is 5.22. The Morgan fingerprint density at radius 1 is 1.47 bits per heavy atom. The molecule has 0 spiro atoms. The molecule has 1 atom stereocenters. The Morgan fingerprint density at radius 3 is 2.87 bits per heavy atom. The van der Waals surface area contributed by atoms with Crippen molar-refractivity contribution in [1.82, 2.24) is 0 Å². The molecule has 0 saturated carbocycles. The molecule has 4 heteroatoms. The summed E-state index contributed by atoms with van der Waals surface area (Å²) in [5.41, 5.74) is 1.49. The van der Waals surface area contributed by atoms with Crippen molar-refractivity contribution >= 4 is 31.9 Å². The number of hydrogen-bond acceptors (Lipinski definition) is 2. The molecule has 2 heterocycles. The molecular weight excluding hydrogens is 324 g/mol. The second-order valence-electron chi connectivity index (χ2n) is 4.23. The van der Waals surface area contributed by atoms with Crippen molar-refractivity contribution in [3.05, 3.63) is 22.6 Å². The Labute approximate surface area is 107 Å². The van der Waals surface area contributed by atoms with Crippen molar-refractivity contribution in [3.63, 3.8) is 0 Å². The third kappa shape index (κ3) is 2.86. The van der Waals surface area contributed by atoms with Crippen LogP contribution in [0.1, 0.15) is 18.4 Å². The van der Waals surface area contributed by atoms with Crippen LogP contribution >= 0.6 is 31.9 Å². The van der Waals surface area contributed by atoms with Gasteiger partial charge in [-0.1, -0.05) is 15.9 Å². The third-order valence-electron chi connectivity index (χ3n) is 2.89. The molecule has 0 bridgehead atoms. The maximum absolute atomic E-state index is 5.58. The van der Waals surface area contributed by atoms with Gasteiger partial charge in [-0.25, -0.2) is 0 Å². The van der Waals surface area contributed by atoms with Crippen LogP contribution in [0.3, 0.4) is 0 Å². The van der Waals surface area contributed by atoms with Crippen molar-refractivity contribution in [2.45, 2.75) is 19.3 Å². The van der Waals surface area contributed by atoms with Crippen LogP contribution < -0.4 is 0 Å². The van der Waals surface area contributed by atoms with E-state index in [4.69, 9.17) is 9.15 Å². The van der Waals surface area contributed by atoms with E-state index in [0.29, 0.717) is 0 Å². The van der Waals surface area contributed by atoms with Crippen molar-refractivity contribution in [1.29, 1.82) is 0 Å². The average Bonchev–Trinajstić information content (AvgIpc) is 2.65. The molecule has 1 aromatic heterocycles. The van der Waals surface area contributed by atoms with Gasteiger partial charge in [-0.3, -0.25) is 0 Å². The first-order valence-corrected chi connectivity index (χ1v) is 7.02. The zero-order valence-electron chi connectivity index (χ0n) is 8.47. The maximum Gasteiger partial charge on any atom is 0.169 e. The highest BCUT2D eigenvalue weighted by molar-refractivity contribution is 9.10. The first kappa shape index (κ1) is 11.7. The minimum Gasteiger partial charge on any atom is -0.457 e. The van der Waals surface area contributed by atoms with E-state index in [0.717, 1.165) is 36.1 Å². The summed E-state index contributed by atoms with van der Waals surface area (Å²) in [7, 11) is 0. The normalized spacial score (nSPS) is 26.8. The molecule has 15 heavy (non-hydrogen) atoms. The van der Waals surface area contributed by atoms with Gasteiger partial charge in [0.25, 0.3) is 0 Å². The summed E-state index contributed by atoms with van der Waals surface area (Å²) in [6.45, 7) is 1.75. The van der Waals surface area contributed by atoms with E-state index < -0.39 is 0 Å². The molecule has 0 N–H and O–H groups in total. The van der Waals surface area contributed by atoms with Crippen LogP contribution in [0.15, 0.2) is 21.4 Å². The highest BCUT2D eigenvalue weighted by Crippen LogP contribution is 2.35. The highest BCUT2D eigenvalue weighted by Gasteiger charge is 2.32. The van der Waals surface area contributed by atoms with Crippen molar-refractivity contribution in [2.75, 3.05) is 18.5 Å². The van der Waals surface area contributed by atoms with Gasteiger partial charge >= 0.3 is 0 Å². The first-order chi connectivity index (χ1) is 7.24. The second-order valence-corrected chi connectivity index (χ2v) is 5.57. The monoisotopic (exact) mass is 336 g/mol. The third-order valence-corrected chi connectivity index (χ3v) is 4.49. The van der Waals surface area contributed by atoms with Crippen molar-refractivity contribution in [3.8, 4) is 0 Å². The van der Waals surface area contributed by atoms with Crippen LogP contribution in [0.5, 0.6) is 0 Å². The Morgan fingerprint density at radius 2 is 2.33 bits per heavy atom. The Bertz CT molecular complexity index is 316. The lowest BCUT2D eigenvalue weighted by Crippen LogP contribution is -2.35. The number of rotatable bonds is 3. The molecule has 0 aliphatic carbocycles. The van der Waals surface area contributed by atoms with Gasteiger partial charge in [-0.05, 0) is 46.8 Å². The Hall–Kier alpha value is 0.200. The van der Waals surface area contributed by atoms with Gasteiger partial charge in [0.15, 0.2) is 4.67 Å². The Kier molecular flexibility index (Phi) is 3.91. The van der Waals surface area contributed by atoms with Gasteiger partial charge < -0.3 is 9.15 Å². The standard InChI is InChI=1S/C11H14Br2O2/c12-7-11(2-1-3-14-8-11)5-9-4-10(13)15-6-9/h4,6H,1-3,5,7-8H2. The minimum absolute atomic E-state index is 0.252. The predicted octanol–water partition coefficient (Wildman–Crippen LogP) is 3.78. The number of furan rings is 1. The smallest absolute Gasteiger partial charge is 0.169 e. The molecule has 2 nitrogen and oxygen atoms in total. The lowest BCUT2D eigenvalue weighted by atomic mass is 9.80. The number of ether oxygens (including phenoxy) is 1. The molecule has 1 unspecified atom stereocenters. The molecule has 2 rings (SSSR count). The van der Waals surface area contributed by atoms with E-state index in [-0.39, 0.29) is 5.41 Å². The van der Waals surface area contributed by atoms with Crippen LogP contribution in [-0.4, -0.2) is 18.5 Å². The van der Waals surface area contributed by atoms with Crippen molar-refractivity contribution < 1.29 is 9.15 Å². The first-order valence-electron chi connectivity index (χ1n) is 5.11. The molecule has 1 aliphatic rings. The molecule has 84 valence electrons. The highest BCUT2D eigenvalue weighted by atomic mass is 79.9. The zero-order valence-corrected chi connectivity index (χ0v) is 11.6. The lowest BCUT2D eigenvalue weighted by Gasteiger charge is -2.35. The minimum atomic E-state index is 0.252. The van der Waals surface area contributed by atoms with E-state index in [2.05, 4.69) is 31.9 Å². The van der Waals surface area contributed by atoms with E-state index in [1.54, 1.807) is 0 Å². The van der Waals surface area contributed by atoms with E-state index >= 15 is 0 Å². The molecule has 1 saturated heterocycles. The topological polar surface area (TPSA) is 22.4 Å². The summed E-state index contributed by atoms with van der Waals surface area (Å²) in [6, 6.07) is 2.04. The van der Waals surface area contributed by atoms with Gasteiger partial charge in [0.1, 0.15) is 0 Å². The summed E-state index contributed by atoms with van der Waals surface area (Å²) >= 11 is 6.94. The summed E-state index contributed by atoms with van der Waals surface area (Å²) in [5.74, 6) is 0. The fourth-order valence-corrected chi connectivity index (χ4v) is 3.10. The molecule has 0 radical (unpaired) electrons. The van der Waals surface area contributed by atoms with Gasteiger partial charge in [0.2, 0.25) is 0 Å². The number of halogens is 2. The quantitative estimate of drug-likeness (QED) is 0.783. The average molecular weight is 338 g/mol. The lowest BCUT2D eigenvalue weighted by molar-refractivity contribution is 0.00609. The van der Waals surface area contributed by atoms with Crippen LogP contribution in [0, 0.1) is 5.41 Å². The second kappa shape index (κ2) is 5.02. The van der Waals surface area contributed by atoms with Crippen LogP contribution in [0.2, 0.25) is 0 Å².